The van der Waals surface area contributed by atoms with E-state index < -0.39 is 10.0 Å². The monoisotopic (exact) mass is 407 g/mol. The molecule has 1 aliphatic heterocycles. The number of sulfonamides is 1. The van der Waals surface area contributed by atoms with Crippen molar-refractivity contribution in [2.75, 3.05) is 32.7 Å². The molecule has 1 aromatic heterocycles. The molecule has 2 heterocycles. The number of rotatable bonds is 7. The Morgan fingerprint density at radius 1 is 1.11 bits per heavy atom. The number of hydrogen-bond acceptors (Lipinski definition) is 5. The van der Waals surface area contributed by atoms with Crippen LogP contribution in [-0.2, 0) is 21.4 Å². The molecule has 27 heavy (non-hydrogen) atoms. The predicted octanol–water partition coefficient (Wildman–Crippen LogP) is 2.07. The van der Waals surface area contributed by atoms with Crippen LogP contribution in [0.3, 0.4) is 0 Å². The minimum atomic E-state index is -3.50. The Hall–Kier alpha value is -1.74. The van der Waals surface area contributed by atoms with E-state index in [-0.39, 0.29) is 23.1 Å². The minimum absolute atomic E-state index is 0.000536. The third-order valence-electron chi connectivity index (χ3n) is 4.77. The molecular weight excluding hydrogens is 382 g/mol. The molecule has 8 heteroatoms. The van der Waals surface area contributed by atoms with Gasteiger partial charge in [0, 0.05) is 45.7 Å². The first-order chi connectivity index (χ1) is 13.0. The van der Waals surface area contributed by atoms with E-state index in [1.807, 2.05) is 11.0 Å². The molecule has 3 rings (SSSR count). The van der Waals surface area contributed by atoms with Crippen LogP contribution in [0, 0.1) is 6.92 Å². The van der Waals surface area contributed by atoms with Crippen LogP contribution in [0.1, 0.15) is 17.5 Å². The Balaban J connectivity index is 1.41. The highest BCUT2D eigenvalue weighted by Crippen LogP contribution is 2.15. The van der Waals surface area contributed by atoms with Crippen molar-refractivity contribution in [3.05, 3.63) is 52.9 Å². The average Bonchev–Trinajstić information content (AvgIpc) is 3.20. The van der Waals surface area contributed by atoms with Gasteiger partial charge in [0.05, 0.1) is 0 Å². The lowest BCUT2D eigenvalue weighted by atomic mass is 10.1. The zero-order valence-corrected chi connectivity index (χ0v) is 17.1. The van der Waals surface area contributed by atoms with Gasteiger partial charge in [0.1, 0.15) is 4.21 Å². The first kappa shape index (κ1) is 20.0. The van der Waals surface area contributed by atoms with Crippen molar-refractivity contribution in [1.29, 1.82) is 0 Å². The van der Waals surface area contributed by atoms with Crippen molar-refractivity contribution < 1.29 is 13.2 Å². The SMILES string of the molecule is Cc1ccccc1CN1CCN(C(=O)CCNS(=O)(=O)c2cccs2)CC1. The van der Waals surface area contributed by atoms with Gasteiger partial charge < -0.3 is 4.90 Å². The van der Waals surface area contributed by atoms with Crippen molar-refractivity contribution in [2.24, 2.45) is 0 Å². The number of piperazine rings is 1. The normalized spacial score (nSPS) is 15.8. The van der Waals surface area contributed by atoms with Crippen LogP contribution in [0.4, 0.5) is 0 Å². The van der Waals surface area contributed by atoms with Gasteiger partial charge in [0.15, 0.2) is 0 Å². The van der Waals surface area contributed by atoms with Gasteiger partial charge in [-0.2, -0.15) is 0 Å². The van der Waals surface area contributed by atoms with Crippen molar-refractivity contribution in [1.82, 2.24) is 14.5 Å². The zero-order valence-electron chi connectivity index (χ0n) is 15.4. The van der Waals surface area contributed by atoms with E-state index in [1.54, 1.807) is 17.5 Å². The largest absolute Gasteiger partial charge is 0.340 e. The summed E-state index contributed by atoms with van der Waals surface area (Å²) in [4.78, 5) is 16.5. The number of hydrogen-bond donors (Lipinski definition) is 1. The van der Waals surface area contributed by atoms with Gasteiger partial charge in [-0.15, -0.1) is 11.3 Å². The second kappa shape index (κ2) is 8.97. The second-order valence-corrected chi connectivity index (χ2v) is 9.60. The number of carbonyl (C=O) groups is 1. The molecule has 0 unspecified atom stereocenters. The molecule has 0 spiro atoms. The maximum atomic E-state index is 12.4. The lowest BCUT2D eigenvalue weighted by Crippen LogP contribution is -2.48. The maximum absolute atomic E-state index is 12.4. The Morgan fingerprint density at radius 2 is 1.85 bits per heavy atom. The van der Waals surface area contributed by atoms with Gasteiger partial charge in [-0.1, -0.05) is 30.3 Å². The lowest BCUT2D eigenvalue weighted by Gasteiger charge is -2.35. The van der Waals surface area contributed by atoms with Crippen LogP contribution in [0.5, 0.6) is 0 Å². The molecule has 1 N–H and O–H groups in total. The van der Waals surface area contributed by atoms with E-state index in [9.17, 15) is 13.2 Å². The van der Waals surface area contributed by atoms with Gasteiger partial charge in [0.2, 0.25) is 15.9 Å². The molecule has 146 valence electrons. The molecule has 0 atom stereocenters. The van der Waals surface area contributed by atoms with E-state index in [1.165, 1.54) is 22.5 Å². The van der Waals surface area contributed by atoms with Gasteiger partial charge in [0.25, 0.3) is 0 Å². The number of carbonyl (C=O) groups excluding carboxylic acids is 1. The predicted molar refractivity (Wildman–Crippen MR) is 107 cm³/mol. The molecule has 1 aliphatic rings. The summed E-state index contributed by atoms with van der Waals surface area (Å²) >= 11 is 1.17. The fraction of sp³-hybridized carbons (Fsp3) is 0.421. The topological polar surface area (TPSA) is 69.7 Å². The summed E-state index contributed by atoms with van der Waals surface area (Å²) in [6.45, 7) is 6.18. The molecule has 6 nitrogen and oxygen atoms in total. The van der Waals surface area contributed by atoms with E-state index in [0.717, 1.165) is 19.6 Å². The smallest absolute Gasteiger partial charge is 0.250 e. The standard InChI is InChI=1S/C19H25N3O3S2/c1-16-5-2-3-6-17(16)15-21-10-12-22(13-11-21)18(23)8-9-20-27(24,25)19-7-4-14-26-19/h2-7,14,20H,8-13,15H2,1H3. The number of thiophene rings is 1. The van der Waals surface area contributed by atoms with E-state index in [2.05, 4.69) is 34.7 Å². The fourth-order valence-corrected chi connectivity index (χ4v) is 5.19. The molecule has 2 aromatic rings. The quantitative estimate of drug-likeness (QED) is 0.763. The molecule has 0 saturated carbocycles. The van der Waals surface area contributed by atoms with Crippen molar-refractivity contribution in [2.45, 2.75) is 24.1 Å². The number of nitrogens with zero attached hydrogens (tertiary/aromatic N) is 2. The number of aryl methyl sites for hydroxylation is 1. The third-order valence-corrected chi connectivity index (χ3v) is 7.63. The average molecular weight is 408 g/mol. The Morgan fingerprint density at radius 3 is 2.52 bits per heavy atom. The Kier molecular flexibility index (Phi) is 6.64. The van der Waals surface area contributed by atoms with Gasteiger partial charge in [-0.3, -0.25) is 9.69 Å². The highest BCUT2D eigenvalue weighted by atomic mass is 32.2. The fourth-order valence-electron chi connectivity index (χ4n) is 3.12. The van der Waals surface area contributed by atoms with Gasteiger partial charge in [-0.05, 0) is 29.5 Å². The molecule has 1 amide bonds. The van der Waals surface area contributed by atoms with Crippen LogP contribution in [-0.4, -0.2) is 56.8 Å². The molecule has 0 aliphatic carbocycles. The Bertz CT molecular complexity index is 858. The summed E-state index contributed by atoms with van der Waals surface area (Å²) in [7, 11) is -3.50. The number of nitrogens with one attached hydrogen (secondary N) is 1. The minimum Gasteiger partial charge on any atom is -0.340 e. The first-order valence-electron chi connectivity index (χ1n) is 9.03. The summed E-state index contributed by atoms with van der Waals surface area (Å²) in [5.74, 6) is -0.000536. The molecular formula is C19H25N3O3S2. The van der Waals surface area contributed by atoms with Crippen LogP contribution in [0.2, 0.25) is 0 Å². The van der Waals surface area contributed by atoms with Crippen LogP contribution < -0.4 is 4.72 Å². The number of benzene rings is 1. The summed E-state index contributed by atoms with van der Waals surface area (Å²) in [6.07, 6.45) is 0.183. The van der Waals surface area contributed by atoms with Crippen LogP contribution in [0.25, 0.3) is 0 Å². The summed E-state index contributed by atoms with van der Waals surface area (Å²) in [6, 6.07) is 11.6. The van der Waals surface area contributed by atoms with Crippen LogP contribution >= 0.6 is 11.3 Å². The van der Waals surface area contributed by atoms with Crippen molar-refractivity contribution in [3.8, 4) is 0 Å². The Labute approximate surface area is 164 Å². The van der Waals surface area contributed by atoms with E-state index in [4.69, 9.17) is 0 Å². The molecule has 0 bridgehead atoms. The van der Waals surface area contributed by atoms with Gasteiger partial charge in [-0.25, -0.2) is 13.1 Å². The van der Waals surface area contributed by atoms with Crippen molar-refractivity contribution >= 4 is 27.3 Å². The third kappa shape index (κ3) is 5.38. The maximum Gasteiger partial charge on any atom is 0.250 e. The summed E-state index contributed by atoms with van der Waals surface area (Å²) < 4.78 is 26.9. The second-order valence-electron chi connectivity index (χ2n) is 6.66. The van der Waals surface area contributed by atoms with Crippen molar-refractivity contribution in [3.63, 3.8) is 0 Å². The highest BCUT2D eigenvalue weighted by molar-refractivity contribution is 7.91. The molecule has 1 fully saturated rings. The first-order valence-corrected chi connectivity index (χ1v) is 11.4. The molecule has 0 radical (unpaired) electrons. The van der Waals surface area contributed by atoms with Crippen LogP contribution in [0.15, 0.2) is 46.0 Å². The highest BCUT2D eigenvalue weighted by Gasteiger charge is 2.22. The zero-order chi connectivity index (χ0) is 19.3. The lowest BCUT2D eigenvalue weighted by molar-refractivity contribution is -0.132. The van der Waals surface area contributed by atoms with Gasteiger partial charge >= 0.3 is 0 Å². The van der Waals surface area contributed by atoms with E-state index in [0.29, 0.717) is 13.1 Å². The molecule has 1 saturated heterocycles. The summed E-state index contributed by atoms with van der Waals surface area (Å²) in [5.41, 5.74) is 2.61. The van der Waals surface area contributed by atoms with E-state index >= 15 is 0 Å². The number of amides is 1. The summed E-state index contributed by atoms with van der Waals surface area (Å²) in [5, 5.41) is 1.72. The molecule has 1 aromatic carbocycles.